The van der Waals surface area contributed by atoms with Gasteiger partial charge in [-0.3, -0.25) is 4.79 Å². The molecular weight excluding hydrogens is 270 g/mol. The summed E-state index contributed by atoms with van der Waals surface area (Å²) >= 11 is 0. The third kappa shape index (κ3) is 5.88. The molecule has 0 bridgehead atoms. The molecule has 0 aromatic rings. The van der Waals surface area contributed by atoms with Crippen LogP contribution in [0.15, 0.2) is 0 Å². The fourth-order valence-corrected chi connectivity index (χ4v) is 3.90. The minimum atomic E-state index is -3.50. The number of nitrogens with one attached hydrogen (secondary N) is 1. The first kappa shape index (κ1) is 16.4. The zero-order valence-corrected chi connectivity index (χ0v) is 12.2. The second-order valence-corrected chi connectivity index (χ2v) is 6.87. The van der Waals surface area contributed by atoms with E-state index in [4.69, 9.17) is 9.84 Å². The maximum atomic E-state index is 12.0. The van der Waals surface area contributed by atoms with Gasteiger partial charge >= 0.3 is 5.97 Å². The lowest BCUT2D eigenvalue weighted by molar-refractivity contribution is -0.138. The van der Waals surface area contributed by atoms with Crippen LogP contribution in [0, 0.1) is 0 Å². The number of hydrogen-bond donors (Lipinski definition) is 2. The van der Waals surface area contributed by atoms with E-state index in [0.29, 0.717) is 19.4 Å². The number of carboxylic acid groups (broad SMARTS) is 1. The fraction of sp³-hybridized carbons (Fsp3) is 0.917. The molecule has 2 N–H and O–H groups in total. The van der Waals surface area contributed by atoms with Crippen molar-refractivity contribution < 1.29 is 23.1 Å². The highest BCUT2D eigenvalue weighted by Crippen LogP contribution is 2.31. The van der Waals surface area contributed by atoms with Gasteiger partial charge in [0.05, 0.1) is 18.8 Å². The Hall–Kier alpha value is -0.660. The van der Waals surface area contributed by atoms with Crippen LogP contribution in [-0.2, 0) is 19.6 Å². The number of ether oxygens (including phenoxy) is 1. The van der Waals surface area contributed by atoms with Crippen LogP contribution in [0.1, 0.15) is 45.4 Å². The Kier molecular flexibility index (Phi) is 6.22. The summed E-state index contributed by atoms with van der Waals surface area (Å²) in [5, 5.41) is 8.98. The highest BCUT2D eigenvalue weighted by atomic mass is 32.2. The lowest BCUT2D eigenvalue weighted by Gasteiger charge is -2.36. The molecule has 1 aliphatic rings. The topological polar surface area (TPSA) is 92.7 Å². The molecule has 112 valence electrons. The summed E-state index contributed by atoms with van der Waals surface area (Å²) in [6.45, 7) is 2.40. The molecular formula is C12H23NO5S. The predicted octanol–water partition coefficient (Wildman–Crippen LogP) is 1.12. The molecule has 0 heterocycles. The summed E-state index contributed by atoms with van der Waals surface area (Å²) in [4.78, 5) is 11.0. The van der Waals surface area contributed by atoms with Gasteiger partial charge < -0.3 is 9.84 Å². The van der Waals surface area contributed by atoms with Gasteiger partial charge in [0.2, 0.25) is 10.0 Å². The first-order chi connectivity index (χ1) is 8.89. The van der Waals surface area contributed by atoms with E-state index in [1.54, 1.807) is 6.92 Å². The Morgan fingerprint density at radius 2 is 1.95 bits per heavy atom. The van der Waals surface area contributed by atoms with Crippen molar-refractivity contribution in [2.24, 2.45) is 0 Å². The first-order valence-corrected chi connectivity index (χ1v) is 8.35. The van der Waals surface area contributed by atoms with Crippen LogP contribution < -0.4 is 4.72 Å². The Labute approximate surface area is 114 Å². The molecule has 0 radical (unpaired) electrons. The van der Waals surface area contributed by atoms with E-state index in [0.717, 1.165) is 19.3 Å². The quantitative estimate of drug-likeness (QED) is 0.654. The molecule has 0 amide bonds. The molecule has 7 heteroatoms. The summed E-state index contributed by atoms with van der Waals surface area (Å²) in [6, 6.07) is 0. The average molecular weight is 293 g/mol. The summed E-state index contributed by atoms with van der Waals surface area (Å²) in [7, 11) is -3.50. The SMILES string of the molecule is CCOCCS(=O)(=O)NC1(CC(=O)O)CCCCC1. The van der Waals surface area contributed by atoms with E-state index < -0.39 is 21.5 Å². The average Bonchev–Trinajstić information content (AvgIpc) is 2.28. The number of sulfonamides is 1. The molecule has 0 spiro atoms. The zero-order chi connectivity index (χ0) is 14.4. The number of aliphatic carboxylic acids is 1. The molecule has 1 saturated carbocycles. The van der Waals surface area contributed by atoms with Gasteiger partial charge in [0.1, 0.15) is 0 Å². The van der Waals surface area contributed by atoms with Crippen molar-refractivity contribution in [1.82, 2.24) is 4.72 Å². The molecule has 1 aliphatic carbocycles. The van der Waals surface area contributed by atoms with Crippen LogP contribution in [0.4, 0.5) is 0 Å². The number of carboxylic acids is 1. The minimum absolute atomic E-state index is 0.123. The lowest BCUT2D eigenvalue weighted by atomic mass is 9.80. The van der Waals surface area contributed by atoms with Gasteiger partial charge in [0.15, 0.2) is 0 Å². The van der Waals surface area contributed by atoms with Gasteiger partial charge in [-0.25, -0.2) is 13.1 Å². The van der Waals surface area contributed by atoms with Crippen molar-refractivity contribution >= 4 is 16.0 Å². The van der Waals surface area contributed by atoms with Crippen LogP contribution >= 0.6 is 0 Å². The van der Waals surface area contributed by atoms with E-state index in [9.17, 15) is 13.2 Å². The molecule has 0 atom stereocenters. The maximum absolute atomic E-state index is 12.0. The molecule has 0 aromatic carbocycles. The summed E-state index contributed by atoms with van der Waals surface area (Å²) in [5.74, 6) is -1.09. The number of hydrogen-bond acceptors (Lipinski definition) is 4. The van der Waals surface area contributed by atoms with Crippen LogP contribution in [0.3, 0.4) is 0 Å². The molecule has 0 unspecified atom stereocenters. The number of carbonyl (C=O) groups is 1. The highest BCUT2D eigenvalue weighted by Gasteiger charge is 2.37. The molecule has 19 heavy (non-hydrogen) atoms. The van der Waals surface area contributed by atoms with E-state index in [1.807, 2.05) is 0 Å². The summed E-state index contributed by atoms with van der Waals surface area (Å²) < 4.78 is 31.6. The van der Waals surface area contributed by atoms with Crippen LogP contribution in [0.5, 0.6) is 0 Å². The van der Waals surface area contributed by atoms with Gasteiger partial charge in [-0.15, -0.1) is 0 Å². The smallest absolute Gasteiger partial charge is 0.305 e. The van der Waals surface area contributed by atoms with Gasteiger partial charge in [0.25, 0.3) is 0 Å². The van der Waals surface area contributed by atoms with Crippen molar-refractivity contribution in [2.45, 2.75) is 51.0 Å². The van der Waals surface area contributed by atoms with Crippen LogP contribution in [0.2, 0.25) is 0 Å². The standard InChI is InChI=1S/C12H23NO5S/c1-2-18-8-9-19(16,17)13-12(10-11(14)15)6-4-3-5-7-12/h13H,2-10H2,1H3,(H,14,15). The van der Waals surface area contributed by atoms with Crippen LogP contribution in [-0.4, -0.2) is 44.0 Å². The van der Waals surface area contributed by atoms with E-state index in [2.05, 4.69) is 4.72 Å². The van der Waals surface area contributed by atoms with E-state index in [1.165, 1.54) is 0 Å². The monoisotopic (exact) mass is 293 g/mol. The Balaban J connectivity index is 2.68. The fourth-order valence-electron chi connectivity index (χ4n) is 2.53. The summed E-state index contributed by atoms with van der Waals surface area (Å²) in [5.41, 5.74) is -0.810. The summed E-state index contributed by atoms with van der Waals surface area (Å²) in [6.07, 6.45) is 3.78. The van der Waals surface area contributed by atoms with Gasteiger partial charge in [0, 0.05) is 12.1 Å². The third-order valence-corrected chi connectivity index (χ3v) is 4.82. The zero-order valence-electron chi connectivity index (χ0n) is 11.4. The van der Waals surface area contributed by atoms with Crippen molar-refractivity contribution in [2.75, 3.05) is 19.0 Å². The highest BCUT2D eigenvalue weighted by molar-refractivity contribution is 7.89. The van der Waals surface area contributed by atoms with Gasteiger partial charge in [-0.2, -0.15) is 0 Å². The molecule has 1 fully saturated rings. The van der Waals surface area contributed by atoms with Crippen LogP contribution in [0.25, 0.3) is 0 Å². The van der Waals surface area contributed by atoms with E-state index >= 15 is 0 Å². The van der Waals surface area contributed by atoms with Crippen molar-refractivity contribution in [3.05, 3.63) is 0 Å². The van der Waals surface area contributed by atoms with Crippen molar-refractivity contribution in [1.29, 1.82) is 0 Å². The maximum Gasteiger partial charge on any atom is 0.305 e. The predicted molar refractivity (Wildman–Crippen MR) is 71.5 cm³/mol. The normalized spacial score (nSPS) is 19.2. The third-order valence-electron chi connectivity index (χ3n) is 3.37. The van der Waals surface area contributed by atoms with Crippen molar-refractivity contribution in [3.63, 3.8) is 0 Å². The lowest BCUT2D eigenvalue weighted by Crippen LogP contribution is -2.51. The second-order valence-electron chi connectivity index (χ2n) is 5.03. The molecule has 1 rings (SSSR count). The first-order valence-electron chi connectivity index (χ1n) is 6.70. The van der Waals surface area contributed by atoms with Gasteiger partial charge in [-0.1, -0.05) is 19.3 Å². The minimum Gasteiger partial charge on any atom is -0.481 e. The molecule has 0 aromatic heterocycles. The molecule has 0 saturated heterocycles. The van der Waals surface area contributed by atoms with Crippen molar-refractivity contribution in [3.8, 4) is 0 Å². The van der Waals surface area contributed by atoms with Gasteiger partial charge in [-0.05, 0) is 19.8 Å². The Morgan fingerprint density at radius 3 is 2.47 bits per heavy atom. The van der Waals surface area contributed by atoms with E-state index in [-0.39, 0.29) is 18.8 Å². The number of rotatable bonds is 8. The Morgan fingerprint density at radius 1 is 1.32 bits per heavy atom. The molecule has 0 aliphatic heterocycles. The second kappa shape index (κ2) is 7.21. The largest absolute Gasteiger partial charge is 0.481 e. The Bertz CT molecular complexity index is 387. The molecule has 6 nitrogen and oxygen atoms in total.